The molecular weight excluding hydrogens is 451 g/mol. The van der Waals surface area contributed by atoms with E-state index in [2.05, 4.69) is 5.16 Å². The zero-order valence-corrected chi connectivity index (χ0v) is 19.4. The fraction of sp³-hybridized carbons (Fsp3) is 0.148. The van der Waals surface area contributed by atoms with Gasteiger partial charge in [-0.3, -0.25) is 14.5 Å². The molecule has 0 bridgehead atoms. The van der Waals surface area contributed by atoms with Crippen LogP contribution in [-0.2, 0) is 9.63 Å². The summed E-state index contributed by atoms with van der Waals surface area (Å²) in [6.45, 7) is 1.78. The quantitative estimate of drug-likeness (QED) is 0.296. The molecule has 0 spiro atoms. The van der Waals surface area contributed by atoms with Crippen molar-refractivity contribution in [1.29, 1.82) is 0 Å². The highest BCUT2D eigenvalue weighted by molar-refractivity contribution is 6.21. The maximum absolute atomic E-state index is 13.7. The van der Waals surface area contributed by atoms with Crippen LogP contribution in [0, 0.1) is 5.82 Å². The van der Waals surface area contributed by atoms with Crippen LogP contribution in [0.3, 0.4) is 0 Å². The molecule has 0 aromatic heterocycles. The highest BCUT2D eigenvalue weighted by atomic mass is 19.1. The van der Waals surface area contributed by atoms with E-state index in [9.17, 15) is 19.1 Å². The van der Waals surface area contributed by atoms with Gasteiger partial charge in [-0.1, -0.05) is 29.4 Å². The molecule has 4 rings (SSSR count). The van der Waals surface area contributed by atoms with Crippen LogP contribution in [-0.4, -0.2) is 36.7 Å². The number of aliphatic hydroxyl groups excluding tert-OH is 1. The zero-order chi connectivity index (χ0) is 25.1. The Morgan fingerprint density at radius 1 is 0.943 bits per heavy atom. The molecule has 3 aromatic rings. The maximum Gasteiger partial charge on any atom is 0.294 e. The van der Waals surface area contributed by atoms with Gasteiger partial charge in [-0.25, -0.2) is 4.39 Å². The van der Waals surface area contributed by atoms with Crippen LogP contribution < -0.4 is 9.64 Å². The molecule has 35 heavy (non-hydrogen) atoms. The molecule has 1 unspecified atom stereocenters. The van der Waals surface area contributed by atoms with E-state index in [1.807, 2.05) is 0 Å². The number of oxime groups is 1. The Morgan fingerprint density at radius 3 is 2.11 bits per heavy atom. The van der Waals surface area contributed by atoms with Gasteiger partial charge in [-0.15, -0.1) is 0 Å². The number of methoxy groups -OCH3 is 1. The maximum atomic E-state index is 13.7. The molecule has 7 nitrogen and oxygen atoms in total. The number of amides is 1. The van der Waals surface area contributed by atoms with Crippen LogP contribution in [0.15, 0.2) is 89.3 Å². The van der Waals surface area contributed by atoms with E-state index in [1.54, 1.807) is 55.5 Å². The number of carbonyl (C=O) groups is 2. The summed E-state index contributed by atoms with van der Waals surface area (Å²) in [4.78, 5) is 32.9. The number of ketones is 1. The van der Waals surface area contributed by atoms with E-state index < -0.39 is 29.3 Å². The molecular formula is C27H23FN2O5. The first-order valence-corrected chi connectivity index (χ1v) is 10.7. The average Bonchev–Trinajstić information content (AvgIpc) is 3.14. The van der Waals surface area contributed by atoms with Crippen molar-refractivity contribution in [2.45, 2.75) is 13.0 Å². The second kappa shape index (κ2) is 9.80. The number of Topliss-reactive ketones (excluding diaryl/α,β-unsaturated/α-hetero) is 1. The summed E-state index contributed by atoms with van der Waals surface area (Å²) in [5, 5.41) is 14.8. The highest BCUT2D eigenvalue weighted by Gasteiger charge is 2.44. The molecule has 1 aliphatic heterocycles. The summed E-state index contributed by atoms with van der Waals surface area (Å²) >= 11 is 0. The molecule has 1 aliphatic rings. The third-order valence-electron chi connectivity index (χ3n) is 5.78. The van der Waals surface area contributed by atoms with Gasteiger partial charge in [0.15, 0.2) is 11.5 Å². The number of ether oxygens (including phenoxy) is 1. The Kier molecular flexibility index (Phi) is 6.64. The lowest BCUT2D eigenvalue weighted by molar-refractivity contribution is -0.117. The Morgan fingerprint density at radius 2 is 1.54 bits per heavy atom. The molecule has 0 fully saturated rings. The van der Waals surface area contributed by atoms with Gasteiger partial charge >= 0.3 is 0 Å². The second-order valence-corrected chi connectivity index (χ2v) is 7.86. The zero-order valence-electron chi connectivity index (χ0n) is 19.4. The van der Waals surface area contributed by atoms with Gasteiger partial charge < -0.3 is 14.7 Å². The summed E-state index contributed by atoms with van der Waals surface area (Å²) in [5.41, 5.74) is 2.51. The standard InChI is InChI=1S/C27H23FN2O5/c1-16(29-35-3)17-6-12-21(13-7-17)30-24(18-4-10-20(28)11-5-18)23(26(32)27(30)33)25(31)19-8-14-22(34-2)15-9-19/h4-15,24,32H,1-3H3/b29-16+. The smallest absolute Gasteiger partial charge is 0.294 e. The van der Waals surface area contributed by atoms with Crippen LogP contribution in [0.1, 0.15) is 34.5 Å². The molecule has 1 atom stereocenters. The lowest BCUT2D eigenvalue weighted by Crippen LogP contribution is -2.31. The molecule has 0 saturated carbocycles. The van der Waals surface area contributed by atoms with Crippen molar-refractivity contribution in [3.63, 3.8) is 0 Å². The molecule has 0 radical (unpaired) electrons. The lowest BCUT2D eigenvalue weighted by atomic mass is 9.92. The van der Waals surface area contributed by atoms with E-state index in [0.717, 1.165) is 5.56 Å². The predicted molar refractivity (Wildman–Crippen MR) is 129 cm³/mol. The van der Waals surface area contributed by atoms with Crippen molar-refractivity contribution >= 4 is 23.1 Å². The number of carbonyl (C=O) groups excluding carboxylic acids is 2. The Bertz CT molecular complexity index is 1310. The van der Waals surface area contributed by atoms with E-state index >= 15 is 0 Å². The molecule has 0 aliphatic carbocycles. The van der Waals surface area contributed by atoms with Crippen LogP contribution in [0.4, 0.5) is 10.1 Å². The molecule has 0 saturated heterocycles. The number of nitrogens with zero attached hydrogens (tertiary/aromatic N) is 2. The van der Waals surface area contributed by atoms with Gasteiger partial charge in [-0.2, -0.15) is 0 Å². The van der Waals surface area contributed by atoms with Gasteiger partial charge in [0, 0.05) is 11.3 Å². The summed E-state index contributed by atoms with van der Waals surface area (Å²) in [6, 6.07) is 17.7. The minimum Gasteiger partial charge on any atom is -0.503 e. The first-order chi connectivity index (χ1) is 16.8. The van der Waals surface area contributed by atoms with Crippen molar-refractivity contribution in [2.24, 2.45) is 5.16 Å². The third kappa shape index (κ3) is 4.50. The Labute approximate surface area is 201 Å². The van der Waals surface area contributed by atoms with Crippen molar-refractivity contribution in [3.8, 4) is 5.75 Å². The topological polar surface area (TPSA) is 88.4 Å². The Hall–Kier alpha value is -4.46. The van der Waals surface area contributed by atoms with E-state index in [-0.39, 0.29) is 11.1 Å². The number of hydrogen-bond acceptors (Lipinski definition) is 6. The normalized spacial score (nSPS) is 16.0. The lowest BCUT2D eigenvalue weighted by Gasteiger charge is -2.27. The van der Waals surface area contributed by atoms with E-state index in [0.29, 0.717) is 22.7 Å². The fourth-order valence-corrected chi connectivity index (χ4v) is 4.01. The highest BCUT2D eigenvalue weighted by Crippen LogP contribution is 2.42. The van der Waals surface area contributed by atoms with Gasteiger partial charge in [-0.05, 0) is 66.6 Å². The number of halogens is 1. The van der Waals surface area contributed by atoms with Crippen LogP contribution in [0.2, 0.25) is 0 Å². The summed E-state index contributed by atoms with van der Waals surface area (Å²) in [5.74, 6) is -1.80. The average molecular weight is 474 g/mol. The minimum atomic E-state index is -0.961. The summed E-state index contributed by atoms with van der Waals surface area (Å²) in [7, 11) is 2.96. The first-order valence-electron chi connectivity index (χ1n) is 10.7. The molecule has 8 heteroatoms. The molecule has 1 heterocycles. The fourth-order valence-electron chi connectivity index (χ4n) is 4.01. The van der Waals surface area contributed by atoms with Gasteiger partial charge in [0.05, 0.1) is 24.4 Å². The largest absolute Gasteiger partial charge is 0.503 e. The van der Waals surface area contributed by atoms with Crippen molar-refractivity contribution in [2.75, 3.05) is 19.1 Å². The Balaban J connectivity index is 1.80. The van der Waals surface area contributed by atoms with Crippen LogP contribution in [0.25, 0.3) is 0 Å². The summed E-state index contributed by atoms with van der Waals surface area (Å²) in [6.07, 6.45) is 0. The summed E-state index contributed by atoms with van der Waals surface area (Å²) < 4.78 is 18.8. The van der Waals surface area contributed by atoms with E-state index in [4.69, 9.17) is 9.57 Å². The molecule has 1 N–H and O–H groups in total. The number of aliphatic hydroxyl groups is 1. The number of benzene rings is 3. The van der Waals surface area contributed by atoms with Crippen LogP contribution >= 0.6 is 0 Å². The predicted octanol–water partition coefficient (Wildman–Crippen LogP) is 4.99. The molecule has 178 valence electrons. The van der Waals surface area contributed by atoms with Gasteiger partial charge in [0.2, 0.25) is 0 Å². The minimum absolute atomic E-state index is 0.0898. The second-order valence-electron chi connectivity index (χ2n) is 7.86. The number of hydrogen-bond donors (Lipinski definition) is 1. The van der Waals surface area contributed by atoms with Crippen LogP contribution in [0.5, 0.6) is 5.75 Å². The first kappa shape index (κ1) is 23.7. The number of rotatable bonds is 7. The molecule has 3 aromatic carbocycles. The van der Waals surface area contributed by atoms with Gasteiger partial charge in [0.1, 0.15) is 18.7 Å². The third-order valence-corrected chi connectivity index (χ3v) is 5.78. The SMILES string of the molecule is CO/N=C(\C)c1ccc(N2C(=O)C(O)=C(C(=O)c3ccc(OC)cc3)C2c2ccc(F)cc2)cc1. The number of anilines is 1. The van der Waals surface area contributed by atoms with E-state index in [1.165, 1.54) is 43.4 Å². The van der Waals surface area contributed by atoms with Crippen molar-refractivity contribution in [3.05, 3.63) is 107 Å². The van der Waals surface area contributed by atoms with Crippen molar-refractivity contribution < 1.29 is 28.7 Å². The van der Waals surface area contributed by atoms with Crippen molar-refractivity contribution in [1.82, 2.24) is 0 Å². The van der Waals surface area contributed by atoms with Gasteiger partial charge in [0.25, 0.3) is 5.91 Å². The monoisotopic (exact) mass is 474 g/mol. The molecule has 1 amide bonds.